The summed E-state index contributed by atoms with van der Waals surface area (Å²) in [6.45, 7) is 0. The molecular weight excluding hydrogens is 247 g/mol. The predicted octanol–water partition coefficient (Wildman–Crippen LogP) is 3.32. The Morgan fingerprint density at radius 2 is 1.58 bits per heavy atom. The zero-order valence-electron chi connectivity index (χ0n) is 10.6. The fraction of sp³-hybridized carbons (Fsp3) is 0.133. The van der Waals surface area contributed by atoms with Gasteiger partial charge in [0.2, 0.25) is 0 Å². The Kier molecular flexibility index (Phi) is 3.80. The molecule has 0 saturated carbocycles. The van der Waals surface area contributed by atoms with Gasteiger partial charge in [-0.2, -0.15) is 0 Å². The molecule has 3 nitrogen and oxygen atoms in total. The van der Waals surface area contributed by atoms with Crippen molar-refractivity contribution in [2.75, 3.05) is 14.2 Å². The Hall–Kier alpha value is -2.36. The van der Waals surface area contributed by atoms with Crippen LogP contribution in [0.25, 0.3) is 11.1 Å². The number of rotatable bonds is 4. The summed E-state index contributed by atoms with van der Waals surface area (Å²) in [5, 5.41) is 0. The Labute approximate surface area is 110 Å². The summed E-state index contributed by atoms with van der Waals surface area (Å²) < 4.78 is 23.9. The minimum atomic E-state index is -0.540. The fourth-order valence-electron chi connectivity index (χ4n) is 1.82. The van der Waals surface area contributed by atoms with E-state index < -0.39 is 5.82 Å². The highest BCUT2D eigenvalue weighted by Gasteiger charge is 2.08. The van der Waals surface area contributed by atoms with Gasteiger partial charge in [-0.05, 0) is 35.4 Å². The zero-order chi connectivity index (χ0) is 13.8. The molecular formula is C15H13FO3. The summed E-state index contributed by atoms with van der Waals surface area (Å²) in [4.78, 5) is 10.6. The molecule has 0 N–H and O–H groups in total. The van der Waals surface area contributed by atoms with E-state index in [1.165, 1.54) is 19.2 Å². The van der Waals surface area contributed by atoms with E-state index in [1.54, 1.807) is 31.4 Å². The molecule has 4 heteroatoms. The normalized spacial score (nSPS) is 10.1. The lowest BCUT2D eigenvalue weighted by molar-refractivity contribution is 0.112. The Balaban J connectivity index is 2.47. The van der Waals surface area contributed by atoms with Crippen molar-refractivity contribution in [3.8, 4) is 22.6 Å². The third-order valence-corrected chi connectivity index (χ3v) is 2.84. The molecule has 0 heterocycles. The molecule has 0 fully saturated rings. The summed E-state index contributed by atoms with van der Waals surface area (Å²) in [6, 6.07) is 9.78. The van der Waals surface area contributed by atoms with Crippen LogP contribution in [0.4, 0.5) is 4.39 Å². The van der Waals surface area contributed by atoms with Gasteiger partial charge in [0.25, 0.3) is 0 Å². The van der Waals surface area contributed by atoms with Crippen molar-refractivity contribution in [2.45, 2.75) is 0 Å². The van der Waals surface area contributed by atoms with Gasteiger partial charge in [-0.15, -0.1) is 0 Å². The average molecular weight is 260 g/mol. The largest absolute Gasteiger partial charge is 0.493 e. The molecule has 0 aliphatic carbocycles. The zero-order valence-corrected chi connectivity index (χ0v) is 10.6. The number of carbonyl (C=O) groups excluding carboxylic acids is 1. The highest BCUT2D eigenvalue weighted by Crippen LogP contribution is 2.32. The monoisotopic (exact) mass is 260 g/mol. The van der Waals surface area contributed by atoms with Crippen molar-refractivity contribution in [1.82, 2.24) is 0 Å². The second kappa shape index (κ2) is 5.52. The van der Waals surface area contributed by atoms with Crippen LogP contribution in [-0.4, -0.2) is 20.5 Å². The lowest BCUT2D eigenvalue weighted by atomic mass is 10.0. The van der Waals surface area contributed by atoms with E-state index in [9.17, 15) is 9.18 Å². The highest BCUT2D eigenvalue weighted by atomic mass is 19.1. The Bertz CT molecular complexity index is 608. The van der Waals surface area contributed by atoms with Crippen molar-refractivity contribution in [1.29, 1.82) is 0 Å². The van der Waals surface area contributed by atoms with E-state index in [0.717, 1.165) is 5.56 Å². The summed E-state index contributed by atoms with van der Waals surface area (Å²) >= 11 is 0. The molecule has 19 heavy (non-hydrogen) atoms. The van der Waals surface area contributed by atoms with E-state index in [2.05, 4.69) is 0 Å². The lowest BCUT2D eigenvalue weighted by Crippen LogP contribution is -1.92. The Morgan fingerprint density at radius 1 is 0.947 bits per heavy atom. The number of hydrogen-bond acceptors (Lipinski definition) is 3. The van der Waals surface area contributed by atoms with Crippen LogP contribution in [0.3, 0.4) is 0 Å². The van der Waals surface area contributed by atoms with Gasteiger partial charge in [0.1, 0.15) is 5.82 Å². The van der Waals surface area contributed by atoms with Gasteiger partial charge in [-0.1, -0.05) is 12.1 Å². The molecule has 2 rings (SSSR count). The first-order valence-electron chi connectivity index (χ1n) is 5.66. The lowest BCUT2D eigenvalue weighted by Gasteiger charge is -2.10. The van der Waals surface area contributed by atoms with E-state index in [1.807, 2.05) is 0 Å². The second-order valence-electron chi connectivity index (χ2n) is 3.92. The van der Waals surface area contributed by atoms with Crippen molar-refractivity contribution in [2.24, 2.45) is 0 Å². The molecule has 0 spiro atoms. The Morgan fingerprint density at radius 3 is 2.16 bits per heavy atom. The van der Waals surface area contributed by atoms with Gasteiger partial charge in [-0.25, -0.2) is 4.39 Å². The third-order valence-electron chi connectivity index (χ3n) is 2.84. The van der Waals surface area contributed by atoms with Crippen LogP contribution in [0.1, 0.15) is 10.4 Å². The first-order valence-corrected chi connectivity index (χ1v) is 5.66. The first kappa shape index (κ1) is 13.1. The maximum absolute atomic E-state index is 13.6. The molecule has 0 saturated heterocycles. The second-order valence-corrected chi connectivity index (χ2v) is 3.92. The van der Waals surface area contributed by atoms with Crippen molar-refractivity contribution >= 4 is 6.29 Å². The highest BCUT2D eigenvalue weighted by molar-refractivity contribution is 5.77. The standard InChI is InChI=1S/C15H13FO3/c1-18-14-6-5-11(8-15(14)19-2)10-3-4-12(9-17)13(16)7-10/h3-9H,1-2H3. The smallest absolute Gasteiger partial charge is 0.161 e. The van der Waals surface area contributed by atoms with E-state index in [-0.39, 0.29) is 5.56 Å². The summed E-state index contributed by atoms with van der Waals surface area (Å²) in [5.74, 6) is 0.637. The number of methoxy groups -OCH3 is 2. The van der Waals surface area contributed by atoms with E-state index in [0.29, 0.717) is 23.3 Å². The van der Waals surface area contributed by atoms with Crippen LogP contribution in [0, 0.1) is 5.82 Å². The summed E-state index contributed by atoms with van der Waals surface area (Å²) in [7, 11) is 3.09. The molecule has 0 radical (unpaired) electrons. The fourth-order valence-corrected chi connectivity index (χ4v) is 1.82. The van der Waals surface area contributed by atoms with Gasteiger partial charge in [0.05, 0.1) is 19.8 Å². The number of aldehydes is 1. The van der Waals surface area contributed by atoms with Gasteiger partial charge in [-0.3, -0.25) is 4.79 Å². The maximum Gasteiger partial charge on any atom is 0.161 e. The first-order chi connectivity index (χ1) is 9.19. The molecule has 0 aliphatic rings. The van der Waals surface area contributed by atoms with Crippen LogP contribution in [0.15, 0.2) is 36.4 Å². The SMILES string of the molecule is COc1ccc(-c2ccc(C=O)c(F)c2)cc1OC. The van der Waals surface area contributed by atoms with Gasteiger partial charge >= 0.3 is 0 Å². The molecule has 0 atom stereocenters. The van der Waals surface area contributed by atoms with Crippen molar-refractivity contribution in [3.05, 3.63) is 47.8 Å². The molecule has 0 amide bonds. The molecule has 2 aromatic carbocycles. The average Bonchev–Trinajstić information content (AvgIpc) is 2.46. The minimum Gasteiger partial charge on any atom is -0.493 e. The molecule has 0 bridgehead atoms. The number of carbonyl (C=O) groups is 1. The maximum atomic E-state index is 13.6. The number of hydrogen-bond donors (Lipinski definition) is 0. The number of halogens is 1. The van der Waals surface area contributed by atoms with Gasteiger partial charge in [0.15, 0.2) is 17.8 Å². The quantitative estimate of drug-likeness (QED) is 0.791. The topological polar surface area (TPSA) is 35.5 Å². The van der Waals surface area contributed by atoms with Crippen molar-refractivity contribution < 1.29 is 18.7 Å². The van der Waals surface area contributed by atoms with Gasteiger partial charge in [0, 0.05) is 0 Å². The van der Waals surface area contributed by atoms with Crippen LogP contribution in [0.2, 0.25) is 0 Å². The number of ether oxygens (including phenoxy) is 2. The molecule has 98 valence electrons. The molecule has 2 aromatic rings. The summed E-state index contributed by atoms with van der Waals surface area (Å²) in [6.07, 6.45) is 0.494. The summed E-state index contributed by atoms with van der Waals surface area (Å²) in [5.41, 5.74) is 1.50. The van der Waals surface area contributed by atoms with Crippen LogP contribution in [0.5, 0.6) is 11.5 Å². The molecule has 0 aromatic heterocycles. The minimum absolute atomic E-state index is 0.0456. The molecule has 0 unspecified atom stereocenters. The van der Waals surface area contributed by atoms with E-state index >= 15 is 0 Å². The van der Waals surface area contributed by atoms with Crippen molar-refractivity contribution in [3.63, 3.8) is 0 Å². The third kappa shape index (κ3) is 2.57. The van der Waals surface area contributed by atoms with E-state index in [4.69, 9.17) is 9.47 Å². The molecule has 0 aliphatic heterocycles. The van der Waals surface area contributed by atoms with Crippen LogP contribution < -0.4 is 9.47 Å². The van der Waals surface area contributed by atoms with Crippen LogP contribution >= 0.6 is 0 Å². The number of benzene rings is 2. The predicted molar refractivity (Wildman–Crippen MR) is 70.3 cm³/mol. The van der Waals surface area contributed by atoms with Gasteiger partial charge < -0.3 is 9.47 Å². The van der Waals surface area contributed by atoms with Crippen LogP contribution in [-0.2, 0) is 0 Å².